The van der Waals surface area contributed by atoms with Crippen LogP contribution in [0.5, 0.6) is 0 Å². The summed E-state index contributed by atoms with van der Waals surface area (Å²) in [6, 6.07) is 0. The van der Waals surface area contributed by atoms with Crippen LogP contribution in [0.3, 0.4) is 0 Å². The fourth-order valence-electron chi connectivity index (χ4n) is 1.30. The molecule has 2 heterocycles. The van der Waals surface area contributed by atoms with Crippen LogP contribution >= 0.6 is 0 Å². The summed E-state index contributed by atoms with van der Waals surface area (Å²) in [6.45, 7) is 6.15. The molecule has 6 heteroatoms. The van der Waals surface area contributed by atoms with Crippen LogP contribution in [0.1, 0.15) is 32.3 Å². The first kappa shape index (κ1) is 11.4. The van der Waals surface area contributed by atoms with Crippen molar-refractivity contribution in [1.29, 1.82) is 5.41 Å². The molecule has 0 aliphatic carbocycles. The van der Waals surface area contributed by atoms with E-state index in [-0.39, 0.29) is 17.1 Å². The number of nitrogen functional groups attached to an aromatic ring is 1. The van der Waals surface area contributed by atoms with E-state index in [1.165, 1.54) is 6.20 Å². The van der Waals surface area contributed by atoms with Gasteiger partial charge in [0.1, 0.15) is 5.52 Å². The SMILES string of the molecule is CC(C)(C)c1cnc2cnc(C(=N)N)nc2n1. The van der Waals surface area contributed by atoms with E-state index in [1.807, 2.05) is 0 Å². The molecule has 2 aromatic rings. The van der Waals surface area contributed by atoms with Crippen molar-refractivity contribution in [3.63, 3.8) is 0 Å². The van der Waals surface area contributed by atoms with Crippen molar-refractivity contribution >= 4 is 17.0 Å². The van der Waals surface area contributed by atoms with Crippen molar-refractivity contribution in [3.8, 4) is 0 Å². The zero-order chi connectivity index (χ0) is 12.6. The van der Waals surface area contributed by atoms with Gasteiger partial charge in [0.15, 0.2) is 17.3 Å². The second kappa shape index (κ2) is 3.73. The largest absolute Gasteiger partial charge is 0.381 e. The van der Waals surface area contributed by atoms with Gasteiger partial charge in [-0.15, -0.1) is 0 Å². The summed E-state index contributed by atoms with van der Waals surface area (Å²) in [5, 5.41) is 7.29. The van der Waals surface area contributed by atoms with Crippen molar-refractivity contribution in [3.05, 3.63) is 23.9 Å². The van der Waals surface area contributed by atoms with Crippen molar-refractivity contribution in [2.24, 2.45) is 5.73 Å². The molecule has 0 atom stereocenters. The Morgan fingerprint density at radius 2 is 1.88 bits per heavy atom. The topological polar surface area (TPSA) is 101 Å². The number of aromatic nitrogens is 4. The summed E-state index contributed by atoms with van der Waals surface area (Å²) < 4.78 is 0. The molecular weight excluding hydrogens is 216 g/mol. The summed E-state index contributed by atoms with van der Waals surface area (Å²) in [5.74, 6) is 0.00715. The molecular formula is C11H14N6. The molecule has 0 radical (unpaired) electrons. The predicted molar refractivity (Wildman–Crippen MR) is 64.8 cm³/mol. The fourth-order valence-corrected chi connectivity index (χ4v) is 1.30. The van der Waals surface area contributed by atoms with E-state index in [9.17, 15) is 0 Å². The van der Waals surface area contributed by atoms with Gasteiger partial charge in [-0.25, -0.2) is 19.9 Å². The molecule has 88 valence electrons. The van der Waals surface area contributed by atoms with Gasteiger partial charge < -0.3 is 5.73 Å². The van der Waals surface area contributed by atoms with E-state index in [0.29, 0.717) is 11.2 Å². The number of nitrogens with two attached hydrogens (primary N) is 1. The molecule has 3 N–H and O–H groups in total. The van der Waals surface area contributed by atoms with Gasteiger partial charge in [0.05, 0.1) is 11.9 Å². The number of hydrogen-bond donors (Lipinski definition) is 2. The maximum Gasteiger partial charge on any atom is 0.196 e. The number of rotatable bonds is 1. The van der Waals surface area contributed by atoms with E-state index in [1.54, 1.807) is 6.20 Å². The van der Waals surface area contributed by atoms with Gasteiger partial charge in [-0.2, -0.15) is 0 Å². The third-order valence-electron chi connectivity index (χ3n) is 2.31. The lowest BCUT2D eigenvalue weighted by Gasteiger charge is -2.16. The lowest BCUT2D eigenvalue weighted by molar-refractivity contribution is 0.568. The van der Waals surface area contributed by atoms with Crippen LogP contribution in [0.25, 0.3) is 11.2 Å². The highest BCUT2D eigenvalue weighted by Gasteiger charge is 2.17. The van der Waals surface area contributed by atoms with E-state index < -0.39 is 0 Å². The Balaban J connectivity index is 2.62. The Morgan fingerprint density at radius 1 is 1.18 bits per heavy atom. The predicted octanol–water partition coefficient (Wildman–Crippen LogP) is 1.00. The lowest BCUT2D eigenvalue weighted by atomic mass is 9.93. The Morgan fingerprint density at radius 3 is 2.47 bits per heavy atom. The van der Waals surface area contributed by atoms with Crippen LogP contribution in [0.2, 0.25) is 0 Å². The molecule has 0 unspecified atom stereocenters. The van der Waals surface area contributed by atoms with Gasteiger partial charge in [0, 0.05) is 11.6 Å². The van der Waals surface area contributed by atoms with Gasteiger partial charge in [-0.1, -0.05) is 20.8 Å². The first-order valence-electron chi connectivity index (χ1n) is 5.22. The Labute approximate surface area is 98.8 Å². The Hall–Kier alpha value is -2.11. The normalized spacial score (nSPS) is 11.7. The van der Waals surface area contributed by atoms with Crippen molar-refractivity contribution < 1.29 is 0 Å². The molecule has 2 rings (SSSR count). The molecule has 2 aromatic heterocycles. The van der Waals surface area contributed by atoms with E-state index in [2.05, 4.69) is 40.7 Å². The molecule has 0 aliphatic rings. The minimum Gasteiger partial charge on any atom is -0.381 e. The van der Waals surface area contributed by atoms with Crippen molar-refractivity contribution in [1.82, 2.24) is 19.9 Å². The second-order valence-corrected chi connectivity index (χ2v) is 4.82. The summed E-state index contributed by atoms with van der Waals surface area (Å²) in [6.07, 6.45) is 3.25. The smallest absolute Gasteiger partial charge is 0.196 e. The summed E-state index contributed by atoms with van der Waals surface area (Å²) in [4.78, 5) is 16.7. The number of fused-ring (bicyclic) bond motifs is 1. The first-order chi connectivity index (χ1) is 7.88. The standard InChI is InChI=1S/C11H14N6/c1-11(2,3)7-5-14-6-4-15-10(8(12)13)17-9(6)16-7/h4-5H,1-3H3,(H3,12,13). The average Bonchev–Trinajstić information content (AvgIpc) is 2.26. The molecule has 0 saturated heterocycles. The monoisotopic (exact) mass is 230 g/mol. The van der Waals surface area contributed by atoms with Gasteiger partial charge in [-0.3, -0.25) is 5.41 Å². The molecule has 6 nitrogen and oxygen atoms in total. The molecule has 0 saturated carbocycles. The Kier molecular flexibility index (Phi) is 2.49. The lowest BCUT2D eigenvalue weighted by Crippen LogP contribution is -2.17. The van der Waals surface area contributed by atoms with Gasteiger partial charge in [0.25, 0.3) is 0 Å². The minimum absolute atomic E-state index is 0.0947. The molecule has 17 heavy (non-hydrogen) atoms. The van der Waals surface area contributed by atoms with Gasteiger partial charge >= 0.3 is 0 Å². The number of hydrogen-bond acceptors (Lipinski definition) is 5. The fraction of sp³-hybridized carbons (Fsp3) is 0.364. The third-order valence-corrected chi connectivity index (χ3v) is 2.31. The van der Waals surface area contributed by atoms with Gasteiger partial charge in [0.2, 0.25) is 0 Å². The highest BCUT2D eigenvalue weighted by Crippen LogP contribution is 2.20. The van der Waals surface area contributed by atoms with Crippen LogP contribution in [0, 0.1) is 5.41 Å². The second-order valence-electron chi connectivity index (χ2n) is 4.82. The maximum atomic E-state index is 7.29. The molecule has 0 aliphatic heterocycles. The summed E-state index contributed by atoms with van der Waals surface area (Å²) in [7, 11) is 0. The van der Waals surface area contributed by atoms with Crippen LogP contribution in [0.15, 0.2) is 12.4 Å². The minimum atomic E-state index is -0.171. The van der Waals surface area contributed by atoms with E-state index >= 15 is 0 Å². The quantitative estimate of drug-likeness (QED) is 0.562. The third kappa shape index (κ3) is 2.20. The van der Waals surface area contributed by atoms with Gasteiger partial charge in [-0.05, 0) is 0 Å². The molecule has 0 amide bonds. The average molecular weight is 230 g/mol. The van der Waals surface area contributed by atoms with E-state index in [0.717, 1.165) is 5.69 Å². The zero-order valence-electron chi connectivity index (χ0n) is 10.0. The zero-order valence-corrected chi connectivity index (χ0v) is 10.0. The molecule has 0 aromatic carbocycles. The van der Waals surface area contributed by atoms with Crippen LogP contribution in [-0.4, -0.2) is 25.8 Å². The summed E-state index contributed by atoms with van der Waals surface area (Å²) in [5.41, 5.74) is 7.16. The maximum absolute atomic E-state index is 7.29. The van der Waals surface area contributed by atoms with Crippen LogP contribution in [-0.2, 0) is 5.41 Å². The van der Waals surface area contributed by atoms with Crippen LogP contribution < -0.4 is 5.73 Å². The summed E-state index contributed by atoms with van der Waals surface area (Å²) >= 11 is 0. The number of amidine groups is 1. The molecule has 0 fully saturated rings. The highest BCUT2D eigenvalue weighted by atomic mass is 15.0. The Bertz CT molecular complexity index is 584. The van der Waals surface area contributed by atoms with Crippen molar-refractivity contribution in [2.45, 2.75) is 26.2 Å². The number of nitrogens with zero attached hydrogens (tertiary/aromatic N) is 4. The first-order valence-corrected chi connectivity index (χ1v) is 5.22. The van der Waals surface area contributed by atoms with Crippen molar-refractivity contribution in [2.75, 3.05) is 0 Å². The van der Waals surface area contributed by atoms with Crippen LogP contribution in [0.4, 0.5) is 0 Å². The highest BCUT2D eigenvalue weighted by molar-refractivity contribution is 5.92. The molecule has 0 spiro atoms. The van der Waals surface area contributed by atoms with E-state index in [4.69, 9.17) is 11.1 Å². The molecule has 0 bridgehead atoms. The number of nitrogens with one attached hydrogen (secondary N) is 1.